The van der Waals surface area contributed by atoms with Crippen LogP contribution in [0.4, 0.5) is 14.5 Å². The van der Waals surface area contributed by atoms with Gasteiger partial charge in [0, 0.05) is 32.8 Å². The van der Waals surface area contributed by atoms with Crippen molar-refractivity contribution in [1.82, 2.24) is 10.6 Å². The number of rotatable bonds is 8. The second-order valence-electron chi connectivity index (χ2n) is 4.01. The molecule has 0 spiro atoms. The molecule has 0 radical (unpaired) electrons. The fraction of sp³-hybridized carbons (Fsp3) is 0.417. The van der Waals surface area contributed by atoms with Gasteiger partial charge in [0.2, 0.25) is 5.82 Å². The third-order valence-electron chi connectivity index (χ3n) is 2.56. The minimum absolute atomic E-state index is 0.115. The van der Waals surface area contributed by atoms with Crippen LogP contribution in [-0.2, 0) is 4.74 Å². The second-order valence-corrected chi connectivity index (χ2v) is 4.01. The Kier molecular flexibility index (Phi) is 6.63. The summed E-state index contributed by atoms with van der Waals surface area (Å²) in [6, 6.07) is 1.36. The van der Waals surface area contributed by atoms with E-state index in [1.165, 1.54) is 7.11 Å². The molecular formula is C12H15F2N3O4. The SMILES string of the molecule is COCCNCCNC(=O)c1c(F)ccc([N+](=O)[O-])c1F. The standard InChI is InChI=1S/C12H15F2N3O4/c1-21-7-6-15-4-5-16-12(18)10-8(13)2-3-9(11(10)14)17(19)20/h2-3,15H,4-7H2,1H3,(H,16,18). The Hall–Kier alpha value is -2.13. The van der Waals surface area contributed by atoms with Gasteiger partial charge in [0.25, 0.3) is 5.91 Å². The number of nitro groups is 1. The van der Waals surface area contributed by atoms with E-state index < -0.39 is 33.7 Å². The minimum atomic E-state index is -1.48. The molecule has 0 aliphatic heterocycles. The topological polar surface area (TPSA) is 93.5 Å². The van der Waals surface area contributed by atoms with Gasteiger partial charge in [-0.1, -0.05) is 0 Å². The highest BCUT2D eigenvalue weighted by molar-refractivity contribution is 5.95. The van der Waals surface area contributed by atoms with Crippen molar-refractivity contribution >= 4 is 11.6 Å². The number of carbonyl (C=O) groups is 1. The summed E-state index contributed by atoms with van der Waals surface area (Å²) in [5, 5.41) is 15.8. The van der Waals surface area contributed by atoms with Gasteiger partial charge in [-0.15, -0.1) is 0 Å². The summed E-state index contributed by atoms with van der Waals surface area (Å²) in [5.74, 6) is -3.67. The first-order valence-corrected chi connectivity index (χ1v) is 6.09. The lowest BCUT2D eigenvalue weighted by Crippen LogP contribution is -2.34. The van der Waals surface area contributed by atoms with Gasteiger partial charge < -0.3 is 15.4 Å². The zero-order valence-corrected chi connectivity index (χ0v) is 11.3. The summed E-state index contributed by atoms with van der Waals surface area (Å²) in [6.45, 7) is 1.53. The van der Waals surface area contributed by atoms with Gasteiger partial charge in [-0.2, -0.15) is 4.39 Å². The van der Waals surface area contributed by atoms with Crippen LogP contribution in [0.1, 0.15) is 10.4 Å². The van der Waals surface area contributed by atoms with Crippen LogP contribution in [0.2, 0.25) is 0 Å². The van der Waals surface area contributed by atoms with Crippen LogP contribution in [0.3, 0.4) is 0 Å². The molecule has 0 atom stereocenters. The molecule has 1 aromatic rings. The average molecular weight is 303 g/mol. The van der Waals surface area contributed by atoms with E-state index in [1.807, 2.05) is 0 Å². The van der Waals surface area contributed by atoms with Gasteiger partial charge in [-0.05, 0) is 6.07 Å². The average Bonchev–Trinajstić information content (AvgIpc) is 2.42. The molecular weight excluding hydrogens is 288 g/mol. The zero-order valence-electron chi connectivity index (χ0n) is 11.3. The summed E-state index contributed by atoms with van der Waals surface area (Å²) >= 11 is 0. The number of benzene rings is 1. The number of nitro benzene ring substituents is 1. The molecule has 0 aliphatic rings. The van der Waals surface area contributed by atoms with E-state index in [9.17, 15) is 23.7 Å². The van der Waals surface area contributed by atoms with Crippen LogP contribution in [0.25, 0.3) is 0 Å². The van der Waals surface area contributed by atoms with E-state index >= 15 is 0 Å². The predicted octanol–water partition coefficient (Wildman–Crippen LogP) is 0.839. The van der Waals surface area contributed by atoms with E-state index in [4.69, 9.17) is 4.74 Å². The van der Waals surface area contributed by atoms with Crippen LogP contribution in [0.5, 0.6) is 0 Å². The highest BCUT2D eigenvalue weighted by Gasteiger charge is 2.25. The first kappa shape index (κ1) is 16.9. The number of hydrogen-bond acceptors (Lipinski definition) is 5. The Balaban J connectivity index is 2.66. The molecule has 1 aromatic carbocycles. The van der Waals surface area contributed by atoms with Crippen LogP contribution < -0.4 is 10.6 Å². The molecule has 0 aromatic heterocycles. The molecule has 7 nitrogen and oxygen atoms in total. The largest absolute Gasteiger partial charge is 0.383 e. The Morgan fingerprint density at radius 2 is 2.05 bits per heavy atom. The maximum Gasteiger partial charge on any atom is 0.305 e. The molecule has 0 fully saturated rings. The number of nitrogens with zero attached hydrogens (tertiary/aromatic N) is 1. The predicted molar refractivity (Wildman–Crippen MR) is 70.1 cm³/mol. The maximum absolute atomic E-state index is 13.7. The Bertz CT molecular complexity index is 525. The molecule has 116 valence electrons. The maximum atomic E-state index is 13.7. The molecule has 0 saturated carbocycles. The molecule has 0 aliphatic carbocycles. The number of hydrogen-bond donors (Lipinski definition) is 2. The van der Waals surface area contributed by atoms with Crippen LogP contribution in [0, 0.1) is 21.7 Å². The number of methoxy groups -OCH3 is 1. The van der Waals surface area contributed by atoms with E-state index in [0.29, 0.717) is 31.8 Å². The van der Waals surface area contributed by atoms with Gasteiger partial charge in [0.05, 0.1) is 11.5 Å². The fourth-order valence-corrected chi connectivity index (χ4v) is 1.54. The van der Waals surface area contributed by atoms with Crippen molar-refractivity contribution in [2.24, 2.45) is 0 Å². The third-order valence-corrected chi connectivity index (χ3v) is 2.56. The highest BCUT2D eigenvalue weighted by Crippen LogP contribution is 2.22. The Morgan fingerprint density at radius 3 is 2.67 bits per heavy atom. The van der Waals surface area contributed by atoms with E-state index in [1.54, 1.807) is 0 Å². The van der Waals surface area contributed by atoms with E-state index in [0.717, 1.165) is 0 Å². The Morgan fingerprint density at radius 1 is 1.33 bits per heavy atom. The summed E-state index contributed by atoms with van der Waals surface area (Å²) < 4.78 is 32.0. The molecule has 21 heavy (non-hydrogen) atoms. The van der Waals surface area contributed by atoms with E-state index in [2.05, 4.69) is 10.6 Å². The Labute approximate surface area is 119 Å². The summed E-state index contributed by atoms with van der Waals surface area (Å²) in [4.78, 5) is 21.2. The lowest BCUT2D eigenvalue weighted by Gasteiger charge is -2.08. The minimum Gasteiger partial charge on any atom is -0.383 e. The van der Waals surface area contributed by atoms with Crippen molar-refractivity contribution in [3.8, 4) is 0 Å². The van der Waals surface area contributed by atoms with Crippen molar-refractivity contribution in [2.75, 3.05) is 33.4 Å². The van der Waals surface area contributed by atoms with Crippen LogP contribution in [-0.4, -0.2) is 44.2 Å². The zero-order chi connectivity index (χ0) is 15.8. The summed E-state index contributed by atoms with van der Waals surface area (Å²) in [7, 11) is 1.54. The van der Waals surface area contributed by atoms with Gasteiger partial charge in [-0.25, -0.2) is 4.39 Å². The van der Waals surface area contributed by atoms with Crippen molar-refractivity contribution < 1.29 is 23.2 Å². The quantitative estimate of drug-likeness (QED) is 0.422. The van der Waals surface area contributed by atoms with Gasteiger partial charge in [0.15, 0.2) is 0 Å². The first-order chi connectivity index (χ1) is 9.99. The molecule has 1 rings (SSSR count). The third kappa shape index (κ3) is 4.72. The van der Waals surface area contributed by atoms with Crippen molar-refractivity contribution in [2.45, 2.75) is 0 Å². The fourth-order valence-electron chi connectivity index (χ4n) is 1.54. The molecule has 0 saturated heterocycles. The van der Waals surface area contributed by atoms with Crippen molar-refractivity contribution in [3.63, 3.8) is 0 Å². The van der Waals surface area contributed by atoms with Gasteiger partial charge in [0.1, 0.15) is 11.4 Å². The molecule has 2 N–H and O–H groups in total. The molecule has 1 amide bonds. The summed E-state index contributed by atoms with van der Waals surface area (Å²) in [5.41, 5.74) is -1.90. The first-order valence-electron chi connectivity index (χ1n) is 6.09. The smallest absolute Gasteiger partial charge is 0.305 e. The number of nitrogens with one attached hydrogen (secondary N) is 2. The molecule has 9 heteroatoms. The molecule has 0 unspecified atom stereocenters. The van der Waals surface area contributed by atoms with Gasteiger partial charge >= 0.3 is 5.69 Å². The molecule has 0 heterocycles. The normalized spacial score (nSPS) is 10.4. The monoisotopic (exact) mass is 303 g/mol. The van der Waals surface area contributed by atoms with Crippen molar-refractivity contribution in [3.05, 3.63) is 39.4 Å². The van der Waals surface area contributed by atoms with Crippen LogP contribution in [0.15, 0.2) is 12.1 Å². The molecule has 0 bridgehead atoms. The van der Waals surface area contributed by atoms with Gasteiger partial charge in [-0.3, -0.25) is 14.9 Å². The number of halogens is 2. The lowest BCUT2D eigenvalue weighted by atomic mass is 10.1. The lowest BCUT2D eigenvalue weighted by molar-refractivity contribution is -0.387. The van der Waals surface area contributed by atoms with Crippen LogP contribution >= 0.6 is 0 Å². The number of amides is 1. The number of ether oxygens (including phenoxy) is 1. The second kappa shape index (κ2) is 8.22. The highest BCUT2D eigenvalue weighted by atomic mass is 19.1. The summed E-state index contributed by atoms with van der Waals surface area (Å²) in [6.07, 6.45) is 0. The van der Waals surface area contributed by atoms with E-state index in [-0.39, 0.29) is 6.54 Å². The van der Waals surface area contributed by atoms with Crippen molar-refractivity contribution in [1.29, 1.82) is 0 Å². The number of carbonyl (C=O) groups excluding carboxylic acids is 1.